The SMILES string of the molecule is Cl.N#Cc1ccnc(Nc2cc(C3CC3)cc(-c3cncc(NC[C@H]4CCNC4)c3)n2)c1. The molecule has 32 heavy (non-hydrogen) atoms. The fourth-order valence-electron chi connectivity index (χ4n) is 3.94. The highest BCUT2D eigenvalue weighted by molar-refractivity contribution is 5.85. The number of nitriles is 1. The zero-order chi connectivity index (χ0) is 21.0. The van der Waals surface area contributed by atoms with E-state index in [0.29, 0.717) is 23.2 Å². The Hall–Kier alpha value is -3.21. The van der Waals surface area contributed by atoms with Crippen LogP contribution in [0.1, 0.15) is 36.3 Å². The highest BCUT2D eigenvalue weighted by atomic mass is 35.5. The molecule has 5 rings (SSSR count). The number of hydrogen-bond acceptors (Lipinski definition) is 7. The normalized spacial score (nSPS) is 17.3. The smallest absolute Gasteiger partial charge is 0.132 e. The van der Waals surface area contributed by atoms with Gasteiger partial charge < -0.3 is 16.0 Å². The van der Waals surface area contributed by atoms with Crippen molar-refractivity contribution in [1.29, 1.82) is 5.26 Å². The van der Waals surface area contributed by atoms with Crippen LogP contribution in [0.4, 0.5) is 17.3 Å². The van der Waals surface area contributed by atoms with Crippen molar-refractivity contribution in [3.05, 3.63) is 60.0 Å². The zero-order valence-electron chi connectivity index (χ0n) is 17.7. The summed E-state index contributed by atoms with van der Waals surface area (Å²) in [6.45, 7) is 3.12. The molecule has 3 aromatic rings. The first-order valence-corrected chi connectivity index (χ1v) is 10.8. The van der Waals surface area contributed by atoms with Crippen LogP contribution in [0.2, 0.25) is 0 Å². The molecular weight excluding hydrogens is 422 g/mol. The van der Waals surface area contributed by atoms with Gasteiger partial charge in [-0.3, -0.25) is 4.98 Å². The molecule has 1 aliphatic carbocycles. The van der Waals surface area contributed by atoms with E-state index in [0.717, 1.165) is 42.4 Å². The Morgan fingerprint density at radius 3 is 2.78 bits per heavy atom. The minimum Gasteiger partial charge on any atom is -0.383 e. The molecule has 1 aliphatic heterocycles. The average molecular weight is 448 g/mol. The van der Waals surface area contributed by atoms with E-state index in [1.165, 1.54) is 24.8 Å². The van der Waals surface area contributed by atoms with E-state index in [1.54, 1.807) is 18.3 Å². The second-order valence-corrected chi connectivity index (χ2v) is 8.31. The van der Waals surface area contributed by atoms with Crippen LogP contribution in [0, 0.1) is 17.2 Å². The minimum absolute atomic E-state index is 0. The molecule has 0 spiro atoms. The van der Waals surface area contributed by atoms with Crippen molar-refractivity contribution in [2.45, 2.75) is 25.2 Å². The first-order chi connectivity index (χ1) is 15.3. The fraction of sp³-hybridized carbons (Fsp3) is 0.333. The van der Waals surface area contributed by atoms with E-state index >= 15 is 0 Å². The second-order valence-electron chi connectivity index (χ2n) is 8.31. The van der Waals surface area contributed by atoms with Gasteiger partial charge in [0.2, 0.25) is 0 Å². The van der Waals surface area contributed by atoms with Gasteiger partial charge in [0.1, 0.15) is 11.6 Å². The quantitative estimate of drug-likeness (QED) is 0.491. The third kappa shape index (κ3) is 5.34. The van der Waals surface area contributed by atoms with E-state index in [4.69, 9.17) is 10.2 Å². The monoisotopic (exact) mass is 447 g/mol. The Morgan fingerprint density at radius 1 is 1.09 bits per heavy atom. The summed E-state index contributed by atoms with van der Waals surface area (Å²) in [5.74, 6) is 2.60. The van der Waals surface area contributed by atoms with Gasteiger partial charge in [0.05, 0.1) is 23.0 Å². The number of pyridine rings is 3. The van der Waals surface area contributed by atoms with Gasteiger partial charge >= 0.3 is 0 Å². The molecule has 0 unspecified atom stereocenters. The van der Waals surface area contributed by atoms with Gasteiger partial charge in [-0.1, -0.05) is 0 Å². The topological polar surface area (TPSA) is 98.5 Å². The number of nitrogens with zero attached hydrogens (tertiary/aromatic N) is 4. The molecule has 0 radical (unpaired) electrons. The standard InChI is InChI=1S/C24H25N7.ClH/c25-11-16-4-6-28-23(7-16)31-24-10-19(18-1-2-18)9-22(30-24)20-8-21(15-27-14-20)29-13-17-3-5-26-12-17;/h4,6-10,14-15,17-18,26,29H,1-3,5,12-13H2,(H,28,30,31);1H/t17-;/m0./s1. The van der Waals surface area contributed by atoms with Crippen LogP contribution in [-0.4, -0.2) is 34.6 Å². The molecule has 1 saturated heterocycles. The summed E-state index contributed by atoms with van der Waals surface area (Å²) < 4.78 is 0. The number of nitrogens with one attached hydrogen (secondary N) is 3. The summed E-state index contributed by atoms with van der Waals surface area (Å²) in [4.78, 5) is 13.6. The molecule has 0 amide bonds. The van der Waals surface area contributed by atoms with Crippen LogP contribution in [0.15, 0.2) is 48.9 Å². The van der Waals surface area contributed by atoms with Crippen molar-refractivity contribution in [1.82, 2.24) is 20.3 Å². The molecule has 3 aromatic heterocycles. The lowest BCUT2D eigenvalue weighted by atomic mass is 10.1. The van der Waals surface area contributed by atoms with Gasteiger partial charge in [-0.05, 0) is 80.1 Å². The van der Waals surface area contributed by atoms with Crippen molar-refractivity contribution in [2.75, 3.05) is 30.3 Å². The molecule has 3 N–H and O–H groups in total. The Balaban J connectivity index is 0.00000245. The van der Waals surface area contributed by atoms with Crippen LogP contribution in [0.5, 0.6) is 0 Å². The molecule has 0 aromatic carbocycles. The lowest BCUT2D eigenvalue weighted by Gasteiger charge is -2.13. The first kappa shape index (κ1) is 22.0. The Labute approximate surface area is 194 Å². The molecule has 164 valence electrons. The number of rotatable bonds is 7. The molecule has 4 heterocycles. The zero-order valence-corrected chi connectivity index (χ0v) is 18.5. The third-order valence-corrected chi connectivity index (χ3v) is 5.83. The van der Waals surface area contributed by atoms with Crippen molar-refractivity contribution < 1.29 is 0 Å². The maximum absolute atomic E-state index is 9.15. The van der Waals surface area contributed by atoms with Crippen LogP contribution >= 0.6 is 12.4 Å². The van der Waals surface area contributed by atoms with Crippen LogP contribution in [0.3, 0.4) is 0 Å². The first-order valence-electron chi connectivity index (χ1n) is 10.8. The third-order valence-electron chi connectivity index (χ3n) is 5.83. The number of halogens is 1. The van der Waals surface area contributed by atoms with E-state index in [-0.39, 0.29) is 12.4 Å². The lowest BCUT2D eigenvalue weighted by molar-refractivity contribution is 0.615. The highest BCUT2D eigenvalue weighted by Gasteiger charge is 2.25. The van der Waals surface area contributed by atoms with Gasteiger partial charge in [0, 0.05) is 30.7 Å². The Bertz CT molecular complexity index is 1120. The van der Waals surface area contributed by atoms with Gasteiger partial charge in [0.25, 0.3) is 0 Å². The summed E-state index contributed by atoms with van der Waals surface area (Å²) in [5, 5.41) is 19.4. The average Bonchev–Trinajstić information content (AvgIpc) is 3.53. The Morgan fingerprint density at radius 2 is 2.00 bits per heavy atom. The molecule has 7 nitrogen and oxygen atoms in total. The van der Waals surface area contributed by atoms with Gasteiger partial charge in [-0.15, -0.1) is 12.4 Å². The number of anilines is 3. The summed E-state index contributed by atoms with van der Waals surface area (Å²) in [5.41, 5.74) is 4.73. The minimum atomic E-state index is 0. The van der Waals surface area contributed by atoms with Crippen LogP contribution < -0.4 is 16.0 Å². The molecule has 2 aliphatic rings. The summed E-state index contributed by atoms with van der Waals surface area (Å²) in [6, 6.07) is 11.9. The molecule has 1 atom stereocenters. The molecular formula is C24H26ClN7. The molecule has 8 heteroatoms. The number of aromatic nitrogens is 3. The largest absolute Gasteiger partial charge is 0.383 e. The van der Waals surface area contributed by atoms with E-state index in [2.05, 4.69) is 50.2 Å². The van der Waals surface area contributed by atoms with Gasteiger partial charge in [-0.2, -0.15) is 5.26 Å². The van der Waals surface area contributed by atoms with Crippen molar-refractivity contribution in [3.63, 3.8) is 0 Å². The second kappa shape index (κ2) is 9.94. The predicted octanol–water partition coefficient (Wildman–Crippen LogP) is 4.47. The molecule has 0 bridgehead atoms. The van der Waals surface area contributed by atoms with E-state index < -0.39 is 0 Å². The van der Waals surface area contributed by atoms with Crippen molar-refractivity contribution in [3.8, 4) is 17.3 Å². The summed E-state index contributed by atoms with van der Waals surface area (Å²) >= 11 is 0. The maximum Gasteiger partial charge on any atom is 0.132 e. The van der Waals surface area contributed by atoms with Gasteiger partial charge in [-0.25, -0.2) is 9.97 Å². The lowest BCUT2D eigenvalue weighted by Crippen LogP contribution is -2.17. The highest BCUT2D eigenvalue weighted by Crippen LogP contribution is 2.42. The van der Waals surface area contributed by atoms with Crippen molar-refractivity contribution in [2.24, 2.45) is 5.92 Å². The van der Waals surface area contributed by atoms with Crippen molar-refractivity contribution >= 4 is 29.7 Å². The maximum atomic E-state index is 9.15. The fourth-order valence-corrected chi connectivity index (χ4v) is 3.94. The molecule has 1 saturated carbocycles. The predicted molar refractivity (Wildman–Crippen MR) is 128 cm³/mol. The summed E-state index contributed by atoms with van der Waals surface area (Å²) in [7, 11) is 0. The summed E-state index contributed by atoms with van der Waals surface area (Å²) in [6.07, 6.45) is 8.99. The van der Waals surface area contributed by atoms with Crippen LogP contribution in [-0.2, 0) is 0 Å². The number of hydrogen-bond donors (Lipinski definition) is 3. The van der Waals surface area contributed by atoms with E-state index in [1.807, 2.05) is 12.4 Å². The van der Waals surface area contributed by atoms with E-state index in [9.17, 15) is 0 Å². The Kier molecular flexibility index (Phi) is 6.84. The van der Waals surface area contributed by atoms with Crippen LogP contribution in [0.25, 0.3) is 11.3 Å². The van der Waals surface area contributed by atoms with Gasteiger partial charge in [0.15, 0.2) is 0 Å². The molecule has 2 fully saturated rings.